The summed E-state index contributed by atoms with van der Waals surface area (Å²) in [7, 11) is 0. The SMILES string of the molecule is N#Cc1ccc(-c2ccc(Br)cc2)cc1F. The number of hydrogen-bond acceptors (Lipinski definition) is 1. The average Bonchev–Trinajstić information content (AvgIpc) is 2.30. The molecule has 0 aliphatic rings. The molecule has 0 spiro atoms. The van der Waals surface area contributed by atoms with E-state index in [0.29, 0.717) is 0 Å². The van der Waals surface area contributed by atoms with E-state index < -0.39 is 5.82 Å². The van der Waals surface area contributed by atoms with Crippen molar-refractivity contribution in [2.24, 2.45) is 0 Å². The Morgan fingerprint density at radius 2 is 1.62 bits per heavy atom. The van der Waals surface area contributed by atoms with E-state index in [0.717, 1.165) is 15.6 Å². The molecule has 0 aliphatic carbocycles. The number of nitrogens with zero attached hydrogens (tertiary/aromatic N) is 1. The molecule has 0 unspecified atom stereocenters. The molecule has 0 radical (unpaired) electrons. The fourth-order valence-corrected chi connectivity index (χ4v) is 1.69. The monoisotopic (exact) mass is 275 g/mol. The van der Waals surface area contributed by atoms with E-state index in [1.165, 1.54) is 12.1 Å². The highest BCUT2D eigenvalue weighted by Gasteiger charge is 2.04. The highest BCUT2D eigenvalue weighted by Crippen LogP contribution is 2.23. The first-order valence-electron chi connectivity index (χ1n) is 4.66. The van der Waals surface area contributed by atoms with E-state index in [1.54, 1.807) is 12.1 Å². The molecule has 0 saturated heterocycles. The van der Waals surface area contributed by atoms with E-state index >= 15 is 0 Å². The lowest BCUT2D eigenvalue weighted by Crippen LogP contribution is -1.85. The molecule has 2 aromatic carbocycles. The molecule has 0 heterocycles. The van der Waals surface area contributed by atoms with Gasteiger partial charge in [0.05, 0.1) is 5.56 Å². The Morgan fingerprint density at radius 3 is 2.19 bits per heavy atom. The van der Waals surface area contributed by atoms with E-state index in [4.69, 9.17) is 5.26 Å². The Balaban J connectivity index is 2.46. The normalized spacial score (nSPS) is 9.81. The van der Waals surface area contributed by atoms with Crippen molar-refractivity contribution < 1.29 is 4.39 Å². The zero-order chi connectivity index (χ0) is 11.5. The molecule has 0 bridgehead atoms. The Hall–Kier alpha value is -1.66. The van der Waals surface area contributed by atoms with E-state index in [1.807, 2.05) is 24.3 Å². The topological polar surface area (TPSA) is 23.8 Å². The van der Waals surface area contributed by atoms with Crippen molar-refractivity contribution in [2.45, 2.75) is 0 Å². The van der Waals surface area contributed by atoms with Gasteiger partial charge in [-0.25, -0.2) is 4.39 Å². The summed E-state index contributed by atoms with van der Waals surface area (Å²) in [4.78, 5) is 0. The highest BCUT2D eigenvalue weighted by molar-refractivity contribution is 9.10. The first kappa shape index (κ1) is 10.8. The second-order valence-corrected chi connectivity index (χ2v) is 4.23. The Labute approximate surface area is 101 Å². The van der Waals surface area contributed by atoms with Crippen LogP contribution in [0.2, 0.25) is 0 Å². The van der Waals surface area contributed by atoms with Crippen molar-refractivity contribution in [3.63, 3.8) is 0 Å². The zero-order valence-corrected chi connectivity index (χ0v) is 9.83. The van der Waals surface area contributed by atoms with Crippen LogP contribution < -0.4 is 0 Å². The molecule has 2 rings (SSSR count). The lowest BCUT2D eigenvalue weighted by molar-refractivity contribution is 0.624. The fourth-order valence-electron chi connectivity index (χ4n) is 1.43. The average molecular weight is 276 g/mol. The Morgan fingerprint density at radius 1 is 1.00 bits per heavy atom. The fraction of sp³-hybridized carbons (Fsp3) is 0. The van der Waals surface area contributed by atoms with Crippen LogP contribution in [0.4, 0.5) is 4.39 Å². The molecule has 0 saturated carbocycles. The van der Waals surface area contributed by atoms with Crippen LogP contribution in [0.25, 0.3) is 11.1 Å². The van der Waals surface area contributed by atoms with Crippen LogP contribution in [0, 0.1) is 17.1 Å². The third-order valence-electron chi connectivity index (χ3n) is 2.27. The zero-order valence-electron chi connectivity index (χ0n) is 8.24. The van der Waals surface area contributed by atoms with Gasteiger partial charge in [0, 0.05) is 4.47 Å². The van der Waals surface area contributed by atoms with Gasteiger partial charge in [-0.15, -0.1) is 0 Å². The molecule has 2 aromatic rings. The first-order valence-corrected chi connectivity index (χ1v) is 5.45. The second-order valence-electron chi connectivity index (χ2n) is 3.31. The molecule has 3 heteroatoms. The summed E-state index contributed by atoms with van der Waals surface area (Å²) >= 11 is 3.34. The predicted octanol–water partition coefficient (Wildman–Crippen LogP) is 4.13. The lowest BCUT2D eigenvalue weighted by atomic mass is 10.0. The van der Waals surface area contributed by atoms with Gasteiger partial charge in [-0.2, -0.15) is 5.26 Å². The number of hydrogen-bond donors (Lipinski definition) is 0. The van der Waals surface area contributed by atoms with Gasteiger partial charge in [0.25, 0.3) is 0 Å². The van der Waals surface area contributed by atoms with Crippen LogP contribution in [0.5, 0.6) is 0 Å². The molecule has 0 amide bonds. The Bertz CT molecular complexity index is 555. The van der Waals surface area contributed by atoms with E-state index in [-0.39, 0.29) is 5.56 Å². The van der Waals surface area contributed by atoms with Gasteiger partial charge in [0.1, 0.15) is 11.9 Å². The van der Waals surface area contributed by atoms with Gasteiger partial charge in [-0.3, -0.25) is 0 Å². The predicted molar refractivity (Wildman–Crippen MR) is 64.3 cm³/mol. The van der Waals surface area contributed by atoms with Gasteiger partial charge in [-0.05, 0) is 35.4 Å². The minimum absolute atomic E-state index is 0.0702. The summed E-state index contributed by atoms with van der Waals surface area (Å²) in [6, 6.07) is 14.0. The van der Waals surface area contributed by atoms with Crippen LogP contribution >= 0.6 is 15.9 Å². The molecule has 78 valence electrons. The van der Waals surface area contributed by atoms with E-state index in [2.05, 4.69) is 15.9 Å². The summed E-state index contributed by atoms with van der Waals surface area (Å²) in [6.45, 7) is 0. The van der Waals surface area contributed by atoms with Gasteiger partial charge in [0.2, 0.25) is 0 Å². The van der Waals surface area contributed by atoms with Crippen molar-refractivity contribution in [2.75, 3.05) is 0 Å². The van der Waals surface area contributed by atoms with Crippen molar-refractivity contribution >= 4 is 15.9 Å². The lowest BCUT2D eigenvalue weighted by Gasteiger charge is -2.02. The van der Waals surface area contributed by atoms with Gasteiger partial charge in [0.15, 0.2) is 0 Å². The summed E-state index contributed by atoms with van der Waals surface area (Å²) in [6.07, 6.45) is 0. The smallest absolute Gasteiger partial charge is 0.141 e. The Kier molecular flexibility index (Phi) is 3.02. The van der Waals surface area contributed by atoms with Gasteiger partial charge in [-0.1, -0.05) is 34.1 Å². The number of rotatable bonds is 1. The number of halogens is 2. The van der Waals surface area contributed by atoms with Crippen LogP contribution in [-0.2, 0) is 0 Å². The van der Waals surface area contributed by atoms with Crippen LogP contribution in [-0.4, -0.2) is 0 Å². The maximum Gasteiger partial charge on any atom is 0.141 e. The quantitative estimate of drug-likeness (QED) is 0.768. The molecule has 0 atom stereocenters. The molecular formula is C13H7BrFN. The summed E-state index contributed by atoms with van der Waals surface area (Å²) in [5.41, 5.74) is 1.76. The van der Waals surface area contributed by atoms with Crippen LogP contribution in [0.1, 0.15) is 5.56 Å². The molecule has 0 N–H and O–H groups in total. The number of benzene rings is 2. The number of nitriles is 1. The molecular weight excluding hydrogens is 269 g/mol. The summed E-state index contributed by atoms with van der Waals surface area (Å²) < 4.78 is 14.4. The third kappa shape index (κ3) is 2.12. The second kappa shape index (κ2) is 4.46. The molecule has 1 nitrogen and oxygen atoms in total. The molecule has 0 aliphatic heterocycles. The van der Waals surface area contributed by atoms with Gasteiger partial charge < -0.3 is 0 Å². The van der Waals surface area contributed by atoms with E-state index in [9.17, 15) is 4.39 Å². The largest absolute Gasteiger partial charge is 0.206 e. The first-order chi connectivity index (χ1) is 7.70. The minimum Gasteiger partial charge on any atom is -0.206 e. The van der Waals surface area contributed by atoms with Crippen LogP contribution in [0.3, 0.4) is 0 Å². The standard InChI is InChI=1S/C13H7BrFN/c14-12-5-3-9(4-6-12)10-1-2-11(8-16)13(15)7-10/h1-7H. The molecule has 0 aromatic heterocycles. The maximum absolute atomic E-state index is 13.4. The summed E-state index contributed by atoms with van der Waals surface area (Å²) in [5.74, 6) is -0.483. The maximum atomic E-state index is 13.4. The molecule has 16 heavy (non-hydrogen) atoms. The summed E-state index contributed by atoms with van der Waals surface area (Å²) in [5, 5.41) is 8.62. The van der Waals surface area contributed by atoms with Crippen molar-refractivity contribution in [1.29, 1.82) is 5.26 Å². The van der Waals surface area contributed by atoms with Crippen molar-refractivity contribution in [3.8, 4) is 17.2 Å². The third-order valence-corrected chi connectivity index (χ3v) is 2.80. The van der Waals surface area contributed by atoms with Gasteiger partial charge >= 0.3 is 0 Å². The minimum atomic E-state index is -0.483. The van der Waals surface area contributed by atoms with Crippen LogP contribution in [0.15, 0.2) is 46.9 Å². The van der Waals surface area contributed by atoms with Crippen molar-refractivity contribution in [1.82, 2.24) is 0 Å². The highest BCUT2D eigenvalue weighted by atomic mass is 79.9. The van der Waals surface area contributed by atoms with Crippen molar-refractivity contribution in [3.05, 3.63) is 58.3 Å². The molecule has 0 fully saturated rings.